The number of rotatable bonds is 1. The number of halogens is 4. The fourth-order valence-corrected chi connectivity index (χ4v) is 0.500. The maximum absolute atomic E-state index is 9.99. The summed E-state index contributed by atoms with van der Waals surface area (Å²) in [6, 6.07) is 8.51. The summed E-state index contributed by atoms with van der Waals surface area (Å²) in [6.45, 7) is 0. The topological polar surface area (TPSA) is 43.1 Å². The molecule has 0 unspecified atom stereocenters. The van der Waals surface area contributed by atoms with Crippen LogP contribution in [0.15, 0.2) is 24.3 Å². The Balaban J connectivity index is 0.000000292. The highest BCUT2D eigenvalue weighted by atomic mass is 19.5. The molecule has 0 aliphatic carbocycles. The minimum absolute atomic E-state index is 0.105. The van der Waals surface area contributed by atoms with E-state index in [0.717, 1.165) is 0 Å². The van der Waals surface area contributed by atoms with Crippen LogP contribution in [0.1, 0.15) is 0 Å². The average Bonchev–Trinajstić information content (AvgIpc) is 2.03. The third kappa shape index (κ3) is 8.50. The Bertz CT molecular complexity index is 284. The lowest BCUT2D eigenvalue weighted by molar-refractivity contribution is -0.384. The van der Waals surface area contributed by atoms with Gasteiger partial charge in [0.05, 0.1) is 4.92 Å². The van der Waals surface area contributed by atoms with Crippen LogP contribution in [-0.4, -0.2) is 12.2 Å². The Morgan fingerprint density at radius 2 is 1.57 bits per heavy atom. The van der Waals surface area contributed by atoms with E-state index in [4.69, 9.17) is 0 Å². The zero-order valence-corrected chi connectivity index (χ0v) is 6.66. The lowest BCUT2D eigenvalue weighted by atomic mass is 10.3. The van der Waals surface area contributed by atoms with Crippen LogP contribution in [-0.2, 0) is 0 Å². The second-order valence-electron chi connectivity index (χ2n) is 2.01. The number of nitro benzene ring substituents is 1. The molecule has 1 radical (unpaired) electrons. The smallest absolute Gasteiger partial charge is 0.418 e. The maximum Gasteiger partial charge on any atom is 0.673 e. The quantitative estimate of drug-likeness (QED) is 0.308. The van der Waals surface area contributed by atoms with Gasteiger partial charge in [0.2, 0.25) is 0 Å². The van der Waals surface area contributed by atoms with Crippen LogP contribution in [0.25, 0.3) is 0 Å². The van der Waals surface area contributed by atoms with Crippen LogP contribution in [0.2, 0.25) is 0 Å². The highest BCUT2D eigenvalue weighted by Crippen LogP contribution is 2.07. The zero-order valence-electron chi connectivity index (χ0n) is 6.66. The fourth-order valence-electron chi connectivity index (χ4n) is 0.500. The predicted octanol–water partition coefficient (Wildman–Crippen LogP) is 2.69. The van der Waals surface area contributed by atoms with Crippen molar-refractivity contribution in [3.05, 3.63) is 40.4 Å². The van der Waals surface area contributed by atoms with Crippen molar-refractivity contribution >= 4 is 12.9 Å². The van der Waals surface area contributed by atoms with Crippen LogP contribution in [0.4, 0.5) is 23.0 Å². The molecule has 1 aromatic carbocycles. The molecule has 0 bridgehead atoms. The van der Waals surface area contributed by atoms with Crippen molar-refractivity contribution in [2.75, 3.05) is 0 Å². The van der Waals surface area contributed by atoms with Gasteiger partial charge in [-0.15, -0.1) is 0 Å². The van der Waals surface area contributed by atoms with Gasteiger partial charge in [0, 0.05) is 12.1 Å². The Labute approximate surface area is 76.6 Å². The van der Waals surface area contributed by atoms with Crippen LogP contribution in [0, 0.1) is 16.2 Å². The summed E-state index contributed by atoms with van der Waals surface area (Å²) in [5.41, 5.74) is 0.105. The molecule has 0 saturated carbocycles. The minimum Gasteiger partial charge on any atom is -0.418 e. The second kappa shape index (κ2) is 5.20. The molecule has 0 N–H and O–H groups in total. The molecular weight excluding hydrogens is 205 g/mol. The highest BCUT2D eigenvalue weighted by Gasteiger charge is 2.20. The fraction of sp³-hybridized carbons (Fsp3) is 0. The van der Waals surface area contributed by atoms with E-state index >= 15 is 0 Å². The molecule has 0 aliphatic heterocycles. The van der Waals surface area contributed by atoms with Gasteiger partial charge < -0.3 is 17.3 Å². The number of hydrogen-bond donors (Lipinski definition) is 0. The molecule has 0 aliphatic rings. The first-order valence-electron chi connectivity index (χ1n) is 3.28. The summed E-state index contributed by atoms with van der Waals surface area (Å²) in [6.07, 6.45) is 0. The number of benzene rings is 1. The SMILES string of the molecule is F[B-](F)(F)F.O=[N+]([O-])c1cc[c]cc1. The van der Waals surface area contributed by atoms with E-state index in [-0.39, 0.29) is 5.69 Å². The highest BCUT2D eigenvalue weighted by molar-refractivity contribution is 6.50. The maximum atomic E-state index is 9.99. The first-order valence-corrected chi connectivity index (χ1v) is 3.28. The van der Waals surface area contributed by atoms with Gasteiger partial charge in [0.15, 0.2) is 0 Å². The molecule has 0 spiro atoms. The molecule has 3 nitrogen and oxygen atoms in total. The summed E-state index contributed by atoms with van der Waals surface area (Å²) in [4.78, 5) is 9.56. The summed E-state index contributed by atoms with van der Waals surface area (Å²) in [7, 11) is -6.00. The predicted molar refractivity (Wildman–Crippen MR) is 42.1 cm³/mol. The van der Waals surface area contributed by atoms with Crippen molar-refractivity contribution in [2.45, 2.75) is 0 Å². The van der Waals surface area contributed by atoms with Gasteiger partial charge in [-0.25, -0.2) is 0 Å². The summed E-state index contributed by atoms with van der Waals surface area (Å²) >= 11 is 0. The van der Waals surface area contributed by atoms with Crippen molar-refractivity contribution in [3.8, 4) is 0 Å². The van der Waals surface area contributed by atoms with E-state index in [0.29, 0.717) is 0 Å². The molecule has 8 heteroatoms. The Morgan fingerprint density at radius 3 is 1.79 bits per heavy atom. The van der Waals surface area contributed by atoms with Crippen LogP contribution >= 0.6 is 0 Å². The normalized spacial score (nSPS) is 10.0. The first kappa shape index (κ1) is 12.4. The zero-order chi connectivity index (χ0) is 11.2. The van der Waals surface area contributed by atoms with Gasteiger partial charge in [-0.1, -0.05) is 0 Å². The van der Waals surface area contributed by atoms with E-state index in [1.54, 1.807) is 0 Å². The van der Waals surface area contributed by atoms with E-state index in [2.05, 4.69) is 6.07 Å². The van der Waals surface area contributed by atoms with Crippen molar-refractivity contribution in [2.24, 2.45) is 0 Å². The molecule has 0 atom stereocenters. The van der Waals surface area contributed by atoms with Crippen molar-refractivity contribution in [1.82, 2.24) is 0 Å². The molecule has 0 saturated heterocycles. The second-order valence-corrected chi connectivity index (χ2v) is 2.01. The number of hydrogen-bond acceptors (Lipinski definition) is 2. The summed E-state index contributed by atoms with van der Waals surface area (Å²) < 4.78 is 39.0. The summed E-state index contributed by atoms with van der Waals surface area (Å²) in [5.74, 6) is 0. The first-order chi connectivity index (χ1) is 6.30. The molecule has 0 heterocycles. The largest absolute Gasteiger partial charge is 0.673 e. The average molecular weight is 209 g/mol. The third-order valence-corrected chi connectivity index (χ3v) is 0.911. The van der Waals surface area contributed by atoms with Crippen molar-refractivity contribution in [3.63, 3.8) is 0 Å². The van der Waals surface area contributed by atoms with Crippen LogP contribution in [0.3, 0.4) is 0 Å². The Kier molecular flexibility index (Phi) is 4.61. The van der Waals surface area contributed by atoms with Gasteiger partial charge in [0.1, 0.15) is 0 Å². The monoisotopic (exact) mass is 209 g/mol. The molecule has 0 aromatic heterocycles. The van der Waals surface area contributed by atoms with E-state index in [1.807, 2.05) is 0 Å². The molecule has 14 heavy (non-hydrogen) atoms. The molecule has 0 fully saturated rings. The standard InChI is InChI=1S/C6H4NO2.BF4/c8-7(9)6-4-2-1-3-5-6;2-1(3,4)5/h2-5H;/q;-1. The van der Waals surface area contributed by atoms with Crippen LogP contribution in [0.5, 0.6) is 0 Å². The van der Waals surface area contributed by atoms with Gasteiger partial charge in [-0.2, -0.15) is 0 Å². The number of nitro groups is 1. The van der Waals surface area contributed by atoms with E-state index < -0.39 is 12.2 Å². The Morgan fingerprint density at radius 1 is 1.21 bits per heavy atom. The number of nitrogens with zero attached hydrogens (tertiary/aromatic N) is 1. The van der Waals surface area contributed by atoms with Crippen molar-refractivity contribution in [1.29, 1.82) is 0 Å². The van der Waals surface area contributed by atoms with Crippen LogP contribution < -0.4 is 0 Å². The van der Waals surface area contributed by atoms with Crippen molar-refractivity contribution < 1.29 is 22.2 Å². The number of non-ortho nitro benzene ring substituents is 1. The van der Waals surface area contributed by atoms with Gasteiger partial charge >= 0.3 is 7.25 Å². The lowest BCUT2D eigenvalue weighted by Crippen LogP contribution is -2.02. The minimum atomic E-state index is -6.00. The van der Waals surface area contributed by atoms with Gasteiger partial charge in [-0.05, 0) is 18.2 Å². The molecule has 0 amide bonds. The molecule has 77 valence electrons. The molecule has 1 aromatic rings. The Hall–Kier alpha value is -1.60. The molecule has 1 rings (SSSR count). The van der Waals surface area contributed by atoms with E-state index in [1.165, 1.54) is 24.3 Å². The van der Waals surface area contributed by atoms with Gasteiger partial charge in [0.25, 0.3) is 5.69 Å². The summed E-state index contributed by atoms with van der Waals surface area (Å²) in [5, 5.41) is 9.99. The molecular formula is C6H4BF4NO2-. The third-order valence-electron chi connectivity index (χ3n) is 0.911. The van der Waals surface area contributed by atoms with Gasteiger partial charge in [-0.3, -0.25) is 10.1 Å². The van der Waals surface area contributed by atoms with E-state index in [9.17, 15) is 27.4 Å². The lowest BCUT2D eigenvalue weighted by Gasteiger charge is -1.94.